The molecule has 21 nitrogen and oxygen atoms in total. The van der Waals surface area contributed by atoms with Gasteiger partial charge in [-0.2, -0.15) is 5.06 Å². The Morgan fingerprint density at radius 1 is 0.631 bits per heavy atom. The lowest BCUT2D eigenvalue weighted by Crippen LogP contribution is -2.41. The minimum Gasteiger partial charge on any atom is -0.425 e. The van der Waals surface area contributed by atoms with Gasteiger partial charge in [-0.1, -0.05) is 42.5 Å². The summed E-state index contributed by atoms with van der Waals surface area (Å²) < 4.78 is 0.680. The monoisotopic (exact) mass is 899 g/mol. The smallest absolute Gasteiger partial charge is 0.283 e. The Bertz CT molecular complexity index is 2530. The molecular formula is C44H53N9O12. The van der Waals surface area contributed by atoms with Gasteiger partial charge in [-0.15, -0.1) is 14.2 Å². The van der Waals surface area contributed by atoms with Gasteiger partial charge in [0, 0.05) is 76.7 Å². The summed E-state index contributed by atoms with van der Waals surface area (Å²) in [4.78, 5) is 106. The van der Waals surface area contributed by atoms with Crippen LogP contribution < -0.4 is 27.3 Å². The van der Waals surface area contributed by atoms with E-state index in [2.05, 4.69) is 10.6 Å². The highest BCUT2D eigenvalue weighted by molar-refractivity contribution is 5.95. The normalized spacial score (nSPS) is 11.2. The Kier molecular flexibility index (Phi) is 18.8. The Hall–Kier alpha value is -7.94. The maximum absolute atomic E-state index is 14.0. The van der Waals surface area contributed by atoms with E-state index in [0.29, 0.717) is 6.42 Å². The number of benzene rings is 1. The molecule has 0 bridgehead atoms. The number of nitrogens with zero attached hydrogens (tertiary/aromatic N) is 7. The second-order valence-corrected chi connectivity index (χ2v) is 14.5. The predicted molar refractivity (Wildman–Crippen MR) is 235 cm³/mol. The Morgan fingerprint density at radius 2 is 1.11 bits per heavy atom. The number of anilines is 1. The van der Waals surface area contributed by atoms with Crippen molar-refractivity contribution in [2.45, 2.75) is 39.0 Å². The maximum Gasteiger partial charge on any atom is 0.283 e. The van der Waals surface area contributed by atoms with E-state index in [1.54, 1.807) is 20.0 Å². The zero-order chi connectivity index (χ0) is 47.5. The standard InChI is InChI=1S/C44H53N9O12/c1-3-4-12-35(50(62)31-54)42(59)48(28-11-29-49(30-23-32-19-21-33(45-2)22-20-32)44(61)37-15-9-18-40(57)53(37)65)26-6-5-25-47(43(60)36-14-8-17-39(56)52(36)64)27-10-24-46-41(58)34-13-7-16-38(55)51(34)63/h3-4,7-9,12-22,31,45,62-65H,5-6,10-11,23-30H2,1-2H3,(H,46,58)/b4-3-,35-12-. The first-order valence-electron chi connectivity index (χ1n) is 20.6. The van der Waals surface area contributed by atoms with E-state index in [-0.39, 0.29) is 120 Å². The van der Waals surface area contributed by atoms with Gasteiger partial charge >= 0.3 is 0 Å². The largest absolute Gasteiger partial charge is 0.425 e. The second-order valence-electron chi connectivity index (χ2n) is 14.5. The summed E-state index contributed by atoms with van der Waals surface area (Å²) in [6.07, 6.45) is 5.56. The predicted octanol–water partition coefficient (Wildman–Crippen LogP) is 1.88. The van der Waals surface area contributed by atoms with Gasteiger partial charge in [0.15, 0.2) is 0 Å². The van der Waals surface area contributed by atoms with Crippen molar-refractivity contribution in [2.24, 2.45) is 0 Å². The van der Waals surface area contributed by atoms with Gasteiger partial charge in [0.1, 0.15) is 22.8 Å². The highest BCUT2D eigenvalue weighted by Gasteiger charge is 2.25. The SMILES string of the molecule is C/C=C\C=C(\C(=O)N(CCCCN(CCCNC(=O)c1cccc(=O)n1O)C(=O)c1cccc(=O)n1O)CCCN(CCc1ccc(NC)cc1)C(=O)c1cccc(=O)n1O)N(O)C=O. The Morgan fingerprint density at radius 3 is 1.65 bits per heavy atom. The van der Waals surface area contributed by atoms with Crippen LogP contribution in [0, 0.1) is 0 Å². The van der Waals surface area contributed by atoms with E-state index in [1.807, 2.05) is 24.3 Å². The Balaban J connectivity index is 1.52. The lowest BCUT2D eigenvalue weighted by atomic mass is 10.1. The molecule has 0 fully saturated rings. The van der Waals surface area contributed by atoms with Gasteiger partial charge in [0.2, 0.25) is 6.41 Å². The van der Waals surface area contributed by atoms with Crippen LogP contribution in [0.1, 0.15) is 69.6 Å². The summed E-state index contributed by atoms with van der Waals surface area (Å²) in [6, 6.07) is 18.5. The molecule has 0 aliphatic heterocycles. The summed E-state index contributed by atoms with van der Waals surface area (Å²) in [6.45, 7) is 1.93. The number of carbonyl (C=O) groups is 5. The molecule has 0 saturated carbocycles. The van der Waals surface area contributed by atoms with Gasteiger partial charge < -0.3 is 41.0 Å². The van der Waals surface area contributed by atoms with Crippen molar-refractivity contribution in [3.05, 3.63) is 156 Å². The second kappa shape index (κ2) is 24.6. The van der Waals surface area contributed by atoms with E-state index < -0.39 is 40.3 Å². The molecule has 0 spiro atoms. The first-order valence-corrected chi connectivity index (χ1v) is 20.6. The summed E-state index contributed by atoms with van der Waals surface area (Å²) in [5, 5.41) is 46.9. The average molecular weight is 900 g/mol. The molecule has 0 unspecified atom stereocenters. The number of unbranched alkanes of at least 4 members (excludes halogenated alkanes) is 1. The molecule has 0 aliphatic rings. The minimum atomic E-state index is -0.844. The van der Waals surface area contributed by atoms with Gasteiger partial charge in [-0.3, -0.25) is 43.6 Å². The number of hydroxylamine groups is 2. The van der Waals surface area contributed by atoms with Gasteiger partial charge in [0.25, 0.3) is 40.3 Å². The van der Waals surface area contributed by atoms with Gasteiger partial charge in [0.05, 0.1) is 0 Å². The van der Waals surface area contributed by atoms with Gasteiger partial charge in [-0.05, 0) is 81.0 Å². The first-order chi connectivity index (χ1) is 31.2. The number of rotatable bonds is 24. The maximum atomic E-state index is 14.0. The molecule has 65 heavy (non-hydrogen) atoms. The minimum absolute atomic E-state index is 0.00677. The third kappa shape index (κ3) is 13.8. The number of allylic oxidation sites excluding steroid dienone is 3. The lowest BCUT2D eigenvalue weighted by Gasteiger charge is -2.28. The highest BCUT2D eigenvalue weighted by Crippen LogP contribution is 2.14. The van der Waals surface area contributed by atoms with Crippen LogP contribution in [0.3, 0.4) is 0 Å². The van der Waals surface area contributed by atoms with Crippen LogP contribution in [0.5, 0.6) is 0 Å². The van der Waals surface area contributed by atoms with Crippen LogP contribution in [0.4, 0.5) is 5.69 Å². The van der Waals surface area contributed by atoms with Crippen LogP contribution in [0.2, 0.25) is 0 Å². The Labute approximate surface area is 372 Å². The molecule has 5 amide bonds. The molecule has 4 aromatic rings. The molecule has 0 saturated heterocycles. The summed E-state index contributed by atoms with van der Waals surface area (Å²) in [7, 11) is 1.78. The molecule has 0 atom stereocenters. The molecule has 0 radical (unpaired) electrons. The number of hydrogen-bond acceptors (Lipinski definition) is 13. The van der Waals surface area contributed by atoms with Crippen LogP contribution in [-0.2, 0) is 16.0 Å². The van der Waals surface area contributed by atoms with Crippen molar-refractivity contribution in [3.8, 4) is 0 Å². The zero-order valence-electron chi connectivity index (χ0n) is 36.0. The number of pyridine rings is 3. The van der Waals surface area contributed by atoms with E-state index in [1.165, 1.54) is 63.2 Å². The molecule has 1 aromatic carbocycles. The number of hydrogen-bond donors (Lipinski definition) is 6. The quantitative estimate of drug-likeness (QED) is 0.0112. The lowest BCUT2D eigenvalue weighted by molar-refractivity contribution is -0.149. The molecule has 6 N–H and O–H groups in total. The van der Waals surface area contributed by atoms with E-state index in [4.69, 9.17) is 0 Å². The highest BCUT2D eigenvalue weighted by atomic mass is 16.5. The molecule has 21 heteroatoms. The fraction of sp³-hybridized carbons (Fsp3) is 0.318. The third-order valence-electron chi connectivity index (χ3n) is 10.1. The number of amides is 5. The summed E-state index contributed by atoms with van der Waals surface area (Å²) >= 11 is 0. The van der Waals surface area contributed by atoms with E-state index in [0.717, 1.165) is 29.4 Å². The fourth-order valence-corrected chi connectivity index (χ4v) is 6.58. The van der Waals surface area contributed by atoms with Crippen LogP contribution >= 0.6 is 0 Å². The van der Waals surface area contributed by atoms with Crippen molar-refractivity contribution < 1.29 is 44.8 Å². The molecule has 0 aliphatic carbocycles. The third-order valence-corrected chi connectivity index (χ3v) is 10.1. The fourth-order valence-electron chi connectivity index (χ4n) is 6.58. The molecule has 3 heterocycles. The van der Waals surface area contributed by atoms with Crippen molar-refractivity contribution in [2.75, 3.05) is 58.2 Å². The number of aromatic nitrogens is 3. The van der Waals surface area contributed by atoms with Crippen molar-refractivity contribution >= 4 is 35.7 Å². The van der Waals surface area contributed by atoms with Crippen LogP contribution in [0.25, 0.3) is 0 Å². The molecular weight excluding hydrogens is 847 g/mol. The van der Waals surface area contributed by atoms with Crippen molar-refractivity contribution in [1.82, 2.24) is 39.3 Å². The van der Waals surface area contributed by atoms with Gasteiger partial charge in [-0.25, -0.2) is 0 Å². The number of nitrogens with one attached hydrogen (secondary N) is 2. The summed E-state index contributed by atoms with van der Waals surface area (Å²) in [5.41, 5.74) is -1.93. The molecule has 4 rings (SSSR count). The van der Waals surface area contributed by atoms with Crippen LogP contribution in [-0.4, -0.2) is 138 Å². The van der Waals surface area contributed by atoms with E-state index in [9.17, 15) is 59.2 Å². The topological polar surface area (TPSA) is 269 Å². The van der Waals surface area contributed by atoms with E-state index >= 15 is 0 Å². The van der Waals surface area contributed by atoms with Crippen LogP contribution in [0.15, 0.2) is 117 Å². The van der Waals surface area contributed by atoms with Crippen molar-refractivity contribution in [3.63, 3.8) is 0 Å². The first kappa shape index (κ1) is 49.7. The molecule has 3 aromatic heterocycles. The van der Waals surface area contributed by atoms with Crippen molar-refractivity contribution in [1.29, 1.82) is 0 Å². The zero-order valence-corrected chi connectivity index (χ0v) is 36.0. The number of carbonyl (C=O) groups excluding carboxylic acids is 5. The summed E-state index contributed by atoms with van der Waals surface area (Å²) in [5.74, 6) is -2.85. The average Bonchev–Trinajstić information content (AvgIpc) is 3.31. The molecule has 346 valence electrons.